The van der Waals surface area contributed by atoms with E-state index in [0.29, 0.717) is 23.7 Å². The Bertz CT molecular complexity index is 1820. The summed E-state index contributed by atoms with van der Waals surface area (Å²) in [7, 11) is -4.41. The molecule has 0 radical (unpaired) electrons. The van der Waals surface area contributed by atoms with Crippen LogP contribution in [-0.2, 0) is 16.3 Å². The third-order valence-electron chi connectivity index (χ3n) is 7.76. The van der Waals surface area contributed by atoms with Crippen molar-refractivity contribution in [3.05, 3.63) is 99.9 Å². The highest BCUT2D eigenvalue weighted by atomic mass is 32.2. The molecule has 1 N–H and O–H groups in total. The van der Waals surface area contributed by atoms with Gasteiger partial charge in [-0.3, -0.25) is 14.3 Å². The van der Waals surface area contributed by atoms with Crippen LogP contribution in [-0.4, -0.2) is 28.1 Å². The number of hydrogen-bond acceptors (Lipinski definition) is 7. The highest BCUT2D eigenvalue weighted by molar-refractivity contribution is 7.91. The Morgan fingerprint density at radius 3 is 2.48 bits per heavy atom. The maximum absolute atomic E-state index is 13.9. The molecule has 0 bridgehead atoms. The first-order valence-electron chi connectivity index (χ1n) is 13.4. The summed E-state index contributed by atoms with van der Waals surface area (Å²) in [4.78, 5) is 21.0. The molecule has 40 heavy (non-hydrogen) atoms. The maximum Gasteiger partial charge on any atom is 0.296 e. The second-order valence-electron chi connectivity index (χ2n) is 10.7. The van der Waals surface area contributed by atoms with E-state index in [1.165, 1.54) is 12.1 Å². The quantitative estimate of drug-likeness (QED) is 0.327. The monoisotopic (exact) mass is 552 g/mol. The van der Waals surface area contributed by atoms with E-state index in [9.17, 15) is 23.6 Å². The summed E-state index contributed by atoms with van der Waals surface area (Å²) in [6.45, 7) is 1.87. The van der Waals surface area contributed by atoms with Gasteiger partial charge in [0.15, 0.2) is 4.90 Å². The molecule has 2 aromatic carbocycles. The molecule has 9 heteroatoms. The number of aromatic nitrogens is 3. The smallest absolute Gasteiger partial charge is 0.296 e. The van der Waals surface area contributed by atoms with Crippen molar-refractivity contribution in [2.24, 2.45) is 11.8 Å². The third kappa shape index (κ3) is 4.80. The number of benzene rings is 2. The Balaban J connectivity index is 1.49. The van der Waals surface area contributed by atoms with Crippen molar-refractivity contribution < 1.29 is 13.5 Å². The van der Waals surface area contributed by atoms with Gasteiger partial charge in [-0.05, 0) is 85.9 Å². The van der Waals surface area contributed by atoms with E-state index in [0.717, 1.165) is 48.1 Å². The molecule has 8 nitrogen and oxygen atoms in total. The van der Waals surface area contributed by atoms with Gasteiger partial charge in [0.25, 0.3) is 5.56 Å². The molecule has 1 atom stereocenters. The first-order chi connectivity index (χ1) is 19.3. The highest BCUT2D eigenvalue weighted by Crippen LogP contribution is 2.47. The van der Waals surface area contributed by atoms with E-state index < -0.39 is 32.2 Å². The summed E-state index contributed by atoms with van der Waals surface area (Å²) in [5.41, 5.74) is 2.75. The zero-order valence-electron chi connectivity index (χ0n) is 22.0. The molecule has 2 heterocycles. The van der Waals surface area contributed by atoms with Crippen LogP contribution in [0.15, 0.2) is 81.4 Å². The van der Waals surface area contributed by atoms with Gasteiger partial charge >= 0.3 is 0 Å². The van der Waals surface area contributed by atoms with Crippen LogP contribution in [0.5, 0.6) is 5.88 Å². The molecule has 2 saturated carbocycles. The van der Waals surface area contributed by atoms with Crippen LogP contribution < -0.4 is 5.56 Å². The van der Waals surface area contributed by atoms with Crippen molar-refractivity contribution in [2.75, 3.05) is 0 Å². The molecule has 0 amide bonds. The minimum Gasteiger partial charge on any atom is -0.493 e. The zero-order valence-corrected chi connectivity index (χ0v) is 22.8. The van der Waals surface area contributed by atoms with E-state index in [2.05, 4.69) is 16.0 Å². The predicted molar refractivity (Wildman–Crippen MR) is 148 cm³/mol. The summed E-state index contributed by atoms with van der Waals surface area (Å²) in [6.07, 6.45) is 5.93. The normalized spacial score (nSPS) is 15.9. The topological polar surface area (TPSA) is 126 Å². The van der Waals surface area contributed by atoms with Crippen LogP contribution in [0.2, 0.25) is 0 Å². The second-order valence-corrected chi connectivity index (χ2v) is 12.6. The molecule has 2 fully saturated rings. The molecule has 0 unspecified atom stereocenters. The van der Waals surface area contributed by atoms with Gasteiger partial charge in [0.05, 0.1) is 22.6 Å². The predicted octanol–water partition coefficient (Wildman–Crippen LogP) is 4.98. The van der Waals surface area contributed by atoms with Crippen molar-refractivity contribution in [3.63, 3.8) is 0 Å². The molecule has 2 aromatic heterocycles. The fraction of sp³-hybridized carbons (Fsp3) is 0.290. The average molecular weight is 553 g/mol. The molecule has 2 aliphatic rings. The third-order valence-corrected chi connectivity index (χ3v) is 9.55. The molecule has 0 aliphatic heterocycles. The van der Waals surface area contributed by atoms with Crippen LogP contribution in [0, 0.1) is 30.1 Å². The minimum absolute atomic E-state index is 0.108. The van der Waals surface area contributed by atoms with Crippen molar-refractivity contribution in [2.45, 2.75) is 54.9 Å². The molecule has 0 spiro atoms. The van der Waals surface area contributed by atoms with E-state index in [1.807, 2.05) is 25.1 Å². The molecular weight excluding hydrogens is 524 g/mol. The molecule has 202 valence electrons. The summed E-state index contributed by atoms with van der Waals surface area (Å²) < 4.78 is 29.3. The van der Waals surface area contributed by atoms with Gasteiger partial charge in [0, 0.05) is 23.9 Å². The van der Waals surface area contributed by atoms with E-state index in [1.54, 1.807) is 41.1 Å². The lowest BCUT2D eigenvalue weighted by molar-refractivity contribution is 0.347. The lowest BCUT2D eigenvalue weighted by atomic mass is 9.99. The molecule has 4 aromatic rings. The number of rotatable bonds is 8. The number of nitriles is 1. The zero-order chi connectivity index (χ0) is 28.0. The van der Waals surface area contributed by atoms with Crippen LogP contribution in [0.25, 0.3) is 11.1 Å². The minimum atomic E-state index is -4.41. The molecule has 6 rings (SSSR count). The Hall–Kier alpha value is -4.29. The lowest BCUT2D eigenvalue weighted by Crippen LogP contribution is -2.28. The number of pyridine rings is 1. The molecule has 0 saturated heterocycles. The van der Waals surface area contributed by atoms with Crippen LogP contribution >= 0.6 is 0 Å². The Labute approximate surface area is 232 Å². The number of sulfone groups is 1. The van der Waals surface area contributed by atoms with Crippen LogP contribution in [0.1, 0.15) is 54.4 Å². The number of hydrogen-bond donors (Lipinski definition) is 1. The summed E-state index contributed by atoms with van der Waals surface area (Å²) >= 11 is 0. The van der Waals surface area contributed by atoms with Gasteiger partial charge in [0.2, 0.25) is 15.7 Å². The molecular formula is C31H28N4O4S. The Morgan fingerprint density at radius 2 is 1.82 bits per heavy atom. The van der Waals surface area contributed by atoms with E-state index in [4.69, 9.17) is 0 Å². The van der Waals surface area contributed by atoms with E-state index >= 15 is 0 Å². The summed E-state index contributed by atoms with van der Waals surface area (Å²) in [6, 6.07) is 18.7. The van der Waals surface area contributed by atoms with Gasteiger partial charge < -0.3 is 5.11 Å². The average Bonchev–Trinajstić information content (AvgIpc) is 3.87. The first-order valence-corrected chi connectivity index (χ1v) is 14.9. The van der Waals surface area contributed by atoms with Crippen LogP contribution in [0.3, 0.4) is 0 Å². The van der Waals surface area contributed by atoms with Gasteiger partial charge in [-0.2, -0.15) is 10.2 Å². The lowest BCUT2D eigenvalue weighted by Gasteiger charge is -2.26. The van der Waals surface area contributed by atoms with Crippen molar-refractivity contribution >= 4 is 9.84 Å². The van der Waals surface area contributed by atoms with Crippen molar-refractivity contribution in [1.82, 2.24) is 14.5 Å². The van der Waals surface area contributed by atoms with Gasteiger partial charge in [-0.25, -0.2) is 8.42 Å². The fourth-order valence-corrected chi connectivity index (χ4v) is 6.70. The van der Waals surface area contributed by atoms with Crippen molar-refractivity contribution in [1.29, 1.82) is 5.26 Å². The number of aromatic hydroxyl groups is 1. The Morgan fingerprint density at radius 1 is 1.07 bits per heavy atom. The standard InChI is InChI=1S/C31H28N4O4S/c1-19-26(6-3-15-33-19)22-11-13-25(14-12-22)40(38,39)29-30(36)34-27(17-20-7-8-20)35(31(29)37)28(23-9-10-23)24-5-2-4-21(16-24)18-32/h2-6,11-16,20,23,28,37H,7-10,17H2,1H3/t28-/m0/s1. The van der Waals surface area contributed by atoms with Gasteiger partial charge in [0.1, 0.15) is 5.82 Å². The summed E-state index contributed by atoms with van der Waals surface area (Å²) in [5.74, 6) is 0.251. The van der Waals surface area contributed by atoms with Gasteiger partial charge in [-0.1, -0.05) is 30.3 Å². The highest BCUT2D eigenvalue weighted by Gasteiger charge is 2.40. The largest absolute Gasteiger partial charge is 0.493 e. The second kappa shape index (κ2) is 10.0. The summed E-state index contributed by atoms with van der Waals surface area (Å²) in [5, 5.41) is 21.1. The maximum atomic E-state index is 13.9. The van der Waals surface area contributed by atoms with Gasteiger partial charge in [-0.15, -0.1) is 0 Å². The fourth-order valence-electron chi connectivity index (χ4n) is 5.36. The molecule has 2 aliphatic carbocycles. The van der Waals surface area contributed by atoms with Crippen molar-refractivity contribution in [3.8, 4) is 23.1 Å². The number of aryl methyl sites for hydroxylation is 1. The first kappa shape index (κ1) is 26.0. The number of nitrogens with zero attached hydrogens (tertiary/aromatic N) is 4. The van der Waals surface area contributed by atoms with Crippen LogP contribution in [0.4, 0.5) is 0 Å². The van der Waals surface area contributed by atoms with E-state index in [-0.39, 0.29) is 10.8 Å². The SMILES string of the molecule is Cc1ncccc1-c1ccc(S(=O)(=O)c2c(O)n([C@H](c3cccc(C#N)c3)C3CC3)c(CC3CC3)nc2=O)cc1. The Kier molecular flexibility index (Phi) is 6.51.